The van der Waals surface area contributed by atoms with Gasteiger partial charge in [-0.1, -0.05) is 11.6 Å². The highest BCUT2D eigenvalue weighted by molar-refractivity contribution is 8.00. The molecule has 29 heavy (non-hydrogen) atoms. The Kier molecular flexibility index (Phi) is 5.42. The van der Waals surface area contributed by atoms with E-state index in [9.17, 15) is 9.59 Å². The monoisotopic (exact) mass is 443 g/mol. The van der Waals surface area contributed by atoms with E-state index in [4.69, 9.17) is 16.3 Å². The van der Waals surface area contributed by atoms with Gasteiger partial charge in [-0.15, -0.1) is 23.1 Å². The molecule has 0 radical (unpaired) electrons. The van der Waals surface area contributed by atoms with Gasteiger partial charge in [-0.2, -0.15) is 0 Å². The summed E-state index contributed by atoms with van der Waals surface area (Å²) < 4.78 is 8.32. The second-order valence-corrected chi connectivity index (χ2v) is 9.07. The molecule has 1 aromatic carbocycles. The Hall–Kier alpha value is -2.28. The molecule has 0 saturated carbocycles. The Bertz CT molecular complexity index is 1260. The number of benzene rings is 1. The van der Waals surface area contributed by atoms with Crippen LogP contribution in [0.25, 0.3) is 16.4 Å². The molecular weight excluding hydrogens is 426 g/mol. The lowest BCUT2D eigenvalue weighted by Gasteiger charge is -2.04. The molecule has 4 nitrogen and oxygen atoms in total. The number of ketones is 1. The van der Waals surface area contributed by atoms with Crippen molar-refractivity contribution in [2.45, 2.75) is 18.1 Å². The quantitative estimate of drug-likeness (QED) is 0.208. The van der Waals surface area contributed by atoms with Crippen LogP contribution >= 0.6 is 34.7 Å². The maximum Gasteiger partial charge on any atom is 0.341 e. The van der Waals surface area contributed by atoms with Crippen molar-refractivity contribution < 1.29 is 14.3 Å². The third-order valence-electron chi connectivity index (χ3n) is 4.69. The summed E-state index contributed by atoms with van der Waals surface area (Å²) in [5, 5.41) is 1.23. The summed E-state index contributed by atoms with van der Waals surface area (Å²) in [5.74, 6) is -0.545. The number of carbonyl (C=O) groups excluding carboxylic acids is 2. The highest BCUT2D eigenvalue weighted by Gasteiger charge is 2.29. The lowest BCUT2D eigenvalue weighted by atomic mass is 10.1. The summed E-state index contributed by atoms with van der Waals surface area (Å²) in [6.45, 7) is 4.02. The number of thiophene rings is 1. The zero-order valence-corrected chi connectivity index (χ0v) is 18.5. The fraction of sp³-hybridized carbons (Fsp3) is 0.182. The van der Waals surface area contributed by atoms with Crippen molar-refractivity contribution in [3.05, 3.63) is 69.2 Å². The van der Waals surface area contributed by atoms with Gasteiger partial charge in [0.2, 0.25) is 5.78 Å². The molecule has 0 amide bonds. The lowest BCUT2D eigenvalue weighted by molar-refractivity contribution is 0.0531. The van der Waals surface area contributed by atoms with Crippen molar-refractivity contribution in [2.75, 3.05) is 12.9 Å². The standard InChI is InChI=1S/C22H18ClNO3S2/c1-4-27-21(26)16-15-11-12(2)9-10-24(15)18-17(16)20(29-22(18)28-3)19(25)13-5-7-14(23)8-6-13/h5-11H,4H2,1-3H3. The van der Waals surface area contributed by atoms with Gasteiger partial charge in [-0.3, -0.25) is 4.79 Å². The van der Waals surface area contributed by atoms with Gasteiger partial charge < -0.3 is 9.14 Å². The van der Waals surface area contributed by atoms with Gasteiger partial charge in [0, 0.05) is 22.2 Å². The summed E-state index contributed by atoms with van der Waals surface area (Å²) in [4.78, 5) is 26.8. The molecule has 0 aliphatic rings. The number of nitrogens with zero attached hydrogens (tertiary/aromatic N) is 1. The second kappa shape index (κ2) is 7.86. The van der Waals surface area contributed by atoms with E-state index in [1.54, 1.807) is 43.0 Å². The molecular formula is C22H18ClNO3S2. The first-order chi connectivity index (χ1) is 14.0. The van der Waals surface area contributed by atoms with Gasteiger partial charge in [0.05, 0.1) is 32.3 Å². The number of ether oxygens (including phenoxy) is 1. The minimum atomic E-state index is -0.416. The van der Waals surface area contributed by atoms with Gasteiger partial charge in [0.1, 0.15) is 0 Å². The predicted molar refractivity (Wildman–Crippen MR) is 120 cm³/mol. The molecule has 3 heterocycles. The van der Waals surface area contributed by atoms with Gasteiger partial charge in [0.15, 0.2) is 0 Å². The van der Waals surface area contributed by atoms with Crippen LogP contribution in [-0.4, -0.2) is 29.0 Å². The first-order valence-corrected chi connectivity index (χ1v) is 11.5. The smallest absolute Gasteiger partial charge is 0.341 e. The summed E-state index contributed by atoms with van der Waals surface area (Å²) >= 11 is 8.95. The first kappa shape index (κ1) is 20.0. The van der Waals surface area contributed by atoms with Crippen LogP contribution in [0.1, 0.15) is 38.1 Å². The van der Waals surface area contributed by atoms with Gasteiger partial charge in [-0.05, 0) is 62.1 Å². The fourth-order valence-corrected chi connectivity index (χ4v) is 5.51. The molecule has 0 spiro atoms. The van der Waals surface area contributed by atoms with Crippen molar-refractivity contribution in [2.24, 2.45) is 0 Å². The van der Waals surface area contributed by atoms with Crippen molar-refractivity contribution in [3.8, 4) is 0 Å². The van der Waals surface area contributed by atoms with Crippen molar-refractivity contribution in [3.63, 3.8) is 0 Å². The maximum atomic E-state index is 13.4. The molecule has 0 unspecified atom stereocenters. The van der Waals surface area contributed by atoms with Crippen LogP contribution in [0.2, 0.25) is 5.02 Å². The van der Waals surface area contributed by atoms with Crippen LogP contribution in [-0.2, 0) is 4.74 Å². The van der Waals surface area contributed by atoms with Crippen LogP contribution in [0.5, 0.6) is 0 Å². The molecule has 0 atom stereocenters. The van der Waals surface area contributed by atoms with Crippen molar-refractivity contribution in [1.29, 1.82) is 0 Å². The highest BCUT2D eigenvalue weighted by atomic mass is 35.5. The van der Waals surface area contributed by atoms with E-state index < -0.39 is 5.97 Å². The van der Waals surface area contributed by atoms with Crippen LogP contribution in [0, 0.1) is 6.92 Å². The van der Waals surface area contributed by atoms with Crippen molar-refractivity contribution in [1.82, 2.24) is 4.40 Å². The Morgan fingerprint density at radius 3 is 2.59 bits per heavy atom. The normalized spacial score (nSPS) is 11.3. The number of halogens is 1. The molecule has 0 aliphatic carbocycles. The minimum Gasteiger partial charge on any atom is -0.462 e. The second-order valence-electron chi connectivity index (χ2n) is 6.54. The molecule has 0 saturated heterocycles. The number of carbonyl (C=O) groups is 2. The Balaban J connectivity index is 2.08. The summed E-state index contributed by atoms with van der Waals surface area (Å²) in [6, 6.07) is 10.8. The van der Waals surface area contributed by atoms with Crippen molar-refractivity contribution >= 4 is 62.9 Å². The molecule has 3 aromatic heterocycles. The topological polar surface area (TPSA) is 47.8 Å². The van der Waals surface area contributed by atoms with Crippen LogP contribution in [0.15, 0.2) is 46.8 Å². The first-order valence-electron chi connectivity index (χ1n) is 9.04. The van der Waals surface area contributed by atoms with Crippen LogP contribution in [0.4, 0.5) is 0 Å². The number of hydrogen-bond acceptors (Lipinski definition) is 5. The summed E-state index contributed by atoms with van der Waals surface area (Å²) in [6.07, 6.45) is 3.91. The van der Waals surface area contributed by atoms with E-state index in [1.165, 1.54) is 11.3 Å². The Morgan fingerprint density at radius 1 is 1.21 bits per heavy atom. The molecule has 148 valence electrons. The Morgan fingerprint density at radius 2 is 1.93 bits per heavy atom. The third kappa shape index (κ3) is 3.35. The molecule has 0 fully saturated rings. The van der Waals surface area contributed by atoms with E-state index in [1.807, 2.05) is 35.9 Å². The van der Waals surface area contributed by atoms with Gasteiger partial charge in [-0.25, -0.2) is 4.79 Å². The van der Waals surface area contributed by atoms with E-state index in [-0.39, 0.29) is 12.4 Å². The number of fused-ring (bicyclic) bond motifs is 3. The lowest BCUT2D eigenvalue weighted by Crippen LogP contribution is -2.06. The van der Waals surface area contributed by atoms with Gasteiger partial charge >= 0.3 is 5.97 Å². The van der Waals surface area contributed by atoms with E-state index in [0.29, 0.717) is 26.4 Å². The third-order valence-corrected chi connectivity index (χ3v) is 7.23. The molecule has 7 heteroatoms. The number of thioether (sulfide) groups is 1. The Labute approximate surface area is 181 Å². The number of hydrogen-bond donors (Lipinski definition) is 0. The number of aromatic nitrogens is 1. The predicted octanol–water partition coefficient (Wildman–Crippen LogP) is 6.25. The average Bonchev–Trinajstić information content (AvgIpc) is 3.23. The zero-order valence-electron chi connectivity index (χ0n) is 16.1. The molecule has 0 aliphatic heterocycles. The SMILES string of the molecule is CCOC(=O)c1c2c(C(=O)c3ccc(Cl)cc3)sc(SC)c2n2ccc(C)cc12. The van der Waals surface area contributed by atoms with Crippen LogP contribution in [0.3, 0.4) is 0 Å². The number of rotatable bonds is 5. The number of pyridine rings is 1. The summed E-state index contributed by atoms with van der Waals surface area (Å²) in [5.41, 5.74) is 3.63. The molecule has 4 rings (SSSR count). The number of esters is 1. The highest BCUT2D eigenvalue weighted by Crippen LogP contribution is 2.43. The molecule has 4 aromatic rings. The average molecular weight is 444 g/mol. The fourth-order valence-electron chi connectivity index (χ4n) is 3.41. The van der Waals surface area contributed by atoms with E-state index in [2.05, 4.69) is 0 Å². The zero-order chi connectivity index (χ0) is 20.7. The molecule has 0 bridgehead atoms. The largest absolute Gasteiger partial charge is 0.462 e. The minimum absolute atomic E-state index is 0.129. The maximum absolute atomic E-state index is 13.4. The number of aryl methyl sites for hydroxylation is 1. The van der Waals surface area contributed by atoms with Crippen LogP contribution < -0.4 is 0 Å². The van der Waals surface area contributed by atoms with E-state index >= 15 is 0 Å². The summed E-state index contributed by atoms with van der Waals surface area (Å²) in [7, 11) is 0. The molecule has 0 N–H and O–H groups in total. The van der Waals surface area contributed by atoms with Gasteiger partial charge in [0.25, 0.3) is 0 Å². The van der Waals surface area contributed by atoms with E-state index in [0.717, 1.165) is 20.8 Å².